The molecule has 15 heavy (non-hydrogen) atoms. The van der Waals surface area contributed by atoms with Gasteiger partial charge in [0.1, 0.15) is 0 Å². The van der Waals surface area contributed by atoms with E-state index in [1.54, 1.807) is 6.26 Å². The van der Waals surface area contributed by atoms with Gasteiger partial charge in [0.25, 0.3) is 0 Å². The molecule has 0 aromatic rings. The third-order valence-corrected chi connectivity index (χ3v) is 3.50. The van der Waals surface area contributed by atoms with Crippen LogP contribution in [-0.4, -0.2) is 41.3 Å². The monoisotopic (exact) mass is 232 g/mol. The molecule has 0 aliphatic carbocycles. The van der Waals surface area contributed by atoms with Crippen molar-refractivity contribution in [2.45, 2.75) is 25.8 Å². The van der Waals surface area contributed by atoms with Crippen LogP contribution in [0.3, 0.4) is 0 Å². The summed E-state index contributed by atoms with van der Waals surface area (Å²) in [4.78, 5) is 11.6. The van der Waals surface area contributed by atoms with E-state index in [1.807, 2.05) is 0 Å². The second kappa shape index (κ2) is 6.23. The van der Waals surface area contributed by atoms with Gasteiger partial charge in [-0.1, -0.05) is 0 Å². The lowest BCUT2D eigenvalue weighted by atomic mass is 9.95. The zero-order valence-electron chi connectivity index (χ0n) is 9.41. The van der Waals surface area contributed by atoms with Crippen molar-refractivity contribution < 1.29 is 9.00 Å². The minimum atomic E-state index is -0.823. The third kappa shape index (κ3) is 4.75. The highest BCUT2D eigenvalue weighted by Gasteiger charge is 2.23. The average molecular weight is 232 g/mol. The van der Waals surface area contributed by atoms with E-state index in [0.717, 1.165) is 19.4 Å². The Labute approximate surface area is 93.7 Å². The largest absolute Gasteiger partial charge is 0.355 e. The van der Waals surface area contributed by atoms with Crippen molar-refractivity contribution in [2.24, 2.45) is 5.92 Å². The highest BCUT2D eigenvalue weighted by atomic mass is 32.2. The average Bonchev–Trinajstić information content (AvgIpc) is 2.18. The topological polar surface area (TPSA) is 58.2 Å². The van der Waals surface area contributed by atoms with E-state index in [9.17, 15) is 9.00 Å². The van der Waals surface area contributed by atoms with Gasteiger partial charge in [-0.25, -0.2) is 0 Å². The van der Waals surface area contributed by atoms with Crippen LogP contribution in [-0.2, 0) is 15.6 Å². The number of hydrogen-bond donors (Lipinski definition) is 2. The number of piperidine rings is 1. The fourth-order valence-electron chi connectivity index (χ4n) is 1.68. The van der Waals surface area contributed by atoms with E-state index in [2.05, 4.69) is 17.6 Å². The van der Waals surface area contributed by atoms with Crippen LogP contribution >= 0.6 is 0 Å². The smallest absolute Gasteiger partial charge is 0.224 e. The normalized spacial score (nSPS) is 28.4. The number of hydrogen-bond acceptors (Lipinski definition) is 3. The molecule has 2 N–H and O–H groups in total. The summed E-state index contributed by atoms with van der Waals surface area (Å²) in [5, 5.41) is 6.12. The number of rotatable bonds is 4. The molecule has 1 aliphatic heterocycles. The summed E-state index contributed by atoms with van der Waals surface area (Å²) < 4.78 is 10.8. The van der Waals surface area contributed by atoms with Crippen LogP contribution in [0.2, 0.25) is 0 Å². The summed E-state index contributed by atoms with van der Waals surface area (Å²) in [6, 6.07) is 0.525. The Hall–Kier alpha value is -0.420. The molecule has 5 heteroatoms. The summed E-state index contributed by atoms with van der Waals surface area (Å²) >= 11 is 0. The molecule has 3 unspecified atom stereocenters. The van der Waals surface area contributed by atoms with Crippen molar-refractivity contribution in [3.63, 3.8) is 0 Å². The van der Waals surface area contributed by atoms with Gasteiger partial charge < -0.3 is 10.6 Å². The fraction of sp³-hybridized carbons (Fsp3) is 0.900. The zero-order valence-corrected chi connectivity index (χ0v) is 10.2. The lowest BCUT2D eigenvalue weighted by molar-refractivity contribution is -0.125. The lowest BCUT2D eigenvalue weighted by Crippen LogP contribution is -2.44. The second-order valence-electron chi connectivity index (χ2n) is 4.15. The van der Waals surface area contributed by atoms with Crippen molar-refractivity contribution in [1.82, 2.24) is 10.6 Å². The molecule has 4 nitrogen and oxygen atoms in total. The highest BCUT2D eigenvalue weighted by molar-refractivity contribution is 7.84. The summed E-state index contributed by atoms with van der Waals surface area (Å²) in [6.45, 7) is 3.42. The Balaban J connectivity index is 2.19. The van der Waals surface area contributed by atoms with E-state index in [0.29, 0.717) is 18.3 Å². The van der Waals surface area contributed by atoms with Gasteiger partial charge in [0.15, 0.2) is 0 Å². The molecule has 0 aromatic heterocycles. The number of carbonyl (C=O) groups excluding carboxylic acids is 1. The Morgan fingerprint density at radius 3 is 2.80 bits per heavy atom. The standard InChI is InChI=1S/C10H20N2O2S/c1-8-3-4-9(7-12-8)10(13)11-5-6-15(2)14/h8-9,12H,3-7H2,1-2H3,(H,11,13). The Bertz CT molecular complexity index is 238. The molecular weight excluding hydrogens is 212 g/mol. The quantitative estimate of drug-likeness (QED) is 0.710. The first kappa shape index (κ1) is 12.6. The van der Waals surface area contributed by atoms with Crippen molar-refractivity contribution >= 4 is 16.7 Å². The SMILES string of the molecule is CC1CCC(C(=O)NCCS(C)=O)CN1. The minimum Gasteiger partial charge on any atom is -0.355 e. The molecule has 88 valence electrons. The van der Waals surface area contributed by atoms with E-state index in [-0.39, 0.29) is 11.8 Å². The van der Waals surface area contributed by atoms with Gasteiger partial charge in [0, 0.05) is 41.9 Å². The van der Waals surface area contributed by atoms with Crippen molar-refractivity contribution in [1.29, 1.82) is 0 Å². The van der Waals surface area contributed by atoms with Crippen LogP contribution in [0.25, 0.3) is 0 Å². The van der Waals surface area contributed by atoms with Crippen molar-refractivity contribution in [2.75, 3.05) is 25.1 Å². The maximum atomic E-state index is 11.6. The van der Waals surface area contributed by atoms with Gasteiger partial charge in [-0.2, -0.15) is 0 Å². The van der Waals surface area contributed by atoms with Gasteiger partial charge in [-0.3, -0.25) is 9.00 Å². The Morgan fingerprint density at radius 2 is 2.27 bits per heavy atom. The number of carbonyl (C=O) groups is 1. The highest BCUT2D eigenvalue weighted by Crippen LogP contribution is 2.13. The summed E-state index contributed by atoms with van der Waals surface area (Å²) in [5.41, 5.74) is 0. The van der Waals surface area contributed by atoms with Crippen molar-refractivity contribution in [3.05, 3.63) is 0 Å². The molecule has 1 amide bonds. The molecule has 1 fully saturated rings. The molecule has 1 rings (SSSR count). The predicted molar refractivity (Wildman–Crippen MR) is 62.1 cm³/mol. The molecule has 1 heterocycles. The van der Waals surface area contributed by atoms with Crippen molar-refractivity contribution in [3.8, 4) is 0 Å². The molecular formula is C10H20N2O2S. The van der Waals surface area contributed by atoms with Gasteiger partial charge in [0.2, 0.25) is 5.91 Å². The molecule has 3 atom stereocenters. The van der Waals surface area contributed by atoms with Crippen LogP contribution in [0.1, 0.15) is 19.8 Å². The Kier molecular flexibility index (Phi) is 5.25. The van der Waals surface area contributed by atoms with E-state index in [1.165, 1.54) is 0 Å². The van der Waals surface area contributed by atoms with Crippen LogP contribution in [0.5, 0.6) is 0 Å². The van der Waals surface area contributed by atoms with Gasteiger partial charge in [-0.05, 0) is 19.8 Å². The molecule has 0 saturated carbocycles. The molecule has 1 saturated heterocycles. The molecule has 0 spiro atoms. The van der Waals surface area contributed by atoms with E-state index >= 15 is 0 Å². The summed E-state index contributed by atoms with van der Waals surface area (Å²) in [6.07, 6.45) is 3.66. The van der Waals surface area contributed by atoms with Crippen LogP contribution < -0.4 is 10.6 Å². The van der Waals surface area contributed by atoms with Crippen LogP contribution in [0.4, 0.5) is 0 Å². The molecule has 0 radical (unpaired) electrons. The lowest BCUT2D eigenvalue weighted by Gasteiger charge is -2.26. The summed E-state index contributed by atoms with van der Waals surface area (Å²) in [7, 11) is -0.823. The maximum Gasteiger partial charge on any atom is 0.224 e. The number of amides is 1. The van der Waals surface area contributed by atoms with Crippen LogP contribution in [0.15, 0.2) is 0 Å². The van der Waals surface area contributed by atoms with E-state index < -0.39 is 10.8 Å². The van der Waals surface area contributed by atoms with Gasteiger partial charge in [-0.15, -0.1) is 0 Å². The first-order valence-corrected chi connectivity index (χ1v) is 7.13. The zero-order chi connectivity index (χ0) is 11.3. The third-order valence-electron chi connectivity index (χ3n) is 2.72. The second-order valence-corrected chi connectivity index (χ2v) is 5.71. The van der Waals surface area contributed by atoms with Gasteiger partial charge in [0.05, 0.1) is 5.92 Å². The van der Waals surface area contributed by atoms with Gasteiger partial charge >= 0.3 is 0 Å². The first-order chi connectivity index (χ1) is 7.09. The minimum absolute atomic E-state index is 0.0893. The Morgan fingerprint density at radius 1 is 1.53 bits per heavy atom. The first-order valence-electron chi connectivity index (χ1n) is 5.40. The fourth-order valence-corrected chi connectivity index (χ4v) is 2.07. The van der Waals surface area contributed by atoms with Crippen LogP contribution in [0, 0.1) is 5.92 Å². The summed E-state index contributed by atoms with van der Waals surface area (Å²) in [5.74, 6) is 0.730. The molecule has 0 aromatic carbocycles. The van der Waals surface area contributed by atoms with E-state index in [4.69, 9.17) is 0 Å². The maximum absolute atomic E-state index is 11.6. The number of nitrogens with one attached hydrogen (secondary N) is 2. The predicted octanol–water partition coefficient (Wildman–Crippen LogP) is -0.131. The molecule has 1 aliphatic rings. The molecule has 0 bridgehead atoms.